The standard InChI is InChI=1S/C26H32N2O3S/c1-16(2)18-10-12-19(13-11-18)23(17(3)4)27-24(29)22(14-15-32-5)28-25(30)20-8-6-7-9-21(20)26(28)31/h6-13,16-17,22-23H,14-15H2,1-5H3,(H,27,29). The van der Waals surface area contributed by atoms with E-state index in [-0.39, 0.29) is 17.9 Å². The van der Waals surface area contributed by atoms with Crippen molar-refractivity contribution in [1.29, 1.82) is 0 Å². The normalized spacial score (nSPS) is 15.3. The van der Waals surface area contributed by atoms with Crippen LogP contribution in [0.4, 0.5) is 0 Å². The number of imide groups is 1. The fraction of sp³-hybridized carbons (Fsp3) is 0.423. The van der Waals surface area contributed by atoms with Gasteiger partial charge in [-0.3, -0.25) is 19.3 Å². The zero-order valence-electron chi connectivity index (χ0n) is 19.4. The van der Waals surface area contributed by atoms with Crippen molar-refractivity contribution in [3.8, 4) is 0 Å². The molecule has 3 amide bonds. The Bertz CT molecular complexity index is 950. The molecule has 1 N–H and O–H groups in total. The highest BCUT2D eigenvalue weighted by Crippen LogP contribution is 2.28. The Morgan fingerprint density at radius 3 is 1.91 bits per heavy atom. The highest BCUT2D eigenvalue weighted by Gasteiger charge is 2.42. The summed E-state index contributed by atoms with van der Waals surface area (Å²) in [4.78, 5) is 40.7. The first-order valence-corrected chi connectivity index (χ1v) is 12.5. The van der Waals surface area contributed by atoms with Crippen LogP contribution in [-0.4, -0.2) is 40.7 Å². The molecular weight excluding hydrogens is 420 g/mol. The third-order valence-corrected chi connectivity index (χ3v) is 6.61. The molecule has 0 saturated carbocycles. The number of carbonyl (C=O) groups excluding carboxylic acids is 3. The Morgan fingerprint density at radius 1 is 0.906 bits per heavy atom. The Kier molecular flexibility index (Phi) is 7.77. The number of hydrogen-bond donors (Lipinski definition) is 1. The molecule has 0 aliphatic carbocycles. The summed E-state index contributed by atoms with van der Waals surface area (Å²) < 4.78 is 0. The second-order valence-corrected chi connectivity index (χ2v) is 9.86. The molecule has 2 aromatic carbocycles. The molecule has 2 atom stereocenters. The number of amides is 3. The molecule has 32 heavy (non-hydrogen) atoms. The van der Waals surface area contributed by atoms with Crippen LogP contribution in [0.5, 0.6) is 0 Å². The van der Waals surface area contributed by atoms with Gasteiger partial charge in [-0.25, -0.2) is 0 Å². The quantitative estimate of drug-likeness (QED) is 0.541. The second kappa shape index (κ2) is 10.3. The summed E-state index contributed by atoms with van der Waals surface area (Å²) in [5, 5.41) is 3.14. The molecule has 170 valence electrons. The van der Waals surface area contributed by atoms with Crippen molar-refractivity contribution >= 4 is 29.5 Å². The van der Waals surface area contributed by atoms with Crippen LogP contribution >= 0.6 is 11.8 Å². The van der Waals surface area contributed by atoms with Crippen LogP contribution in [0, 0.1) is 5.92 Å². The predicted molar refractivity (Wildman–Crippen MR) is 130 cm³/mol. The van der Waals surface area contributed by atoms with E-state index in [0.717, 1.165) is 10.5 Å². The van der Waals surface area contributed by atoms with E-state index in [2.05, 4.69) is 57.3 Å². The molecule has 0 saturated heterocycles. The molecule has 2 unspecified atom stereocenters. The van der Waals surface area contributed by atoms with E-state index in [1.165, 1.54) is 5.56 Å². The van der Waals surface area contributed by atoms with Gasteiger partial charge in [0.25, 0.3) is 11.8 Å². The van der Waals surface area contributed by atoms with E-state index in [9.17, 15) is 14.4 Å². The van der Waals surface area contributed by atoms with Gasteiger partial charge in [0.1, 0.15) is 6.04 Å². The minimum atomic E-state index is -0.842. The molecule has 1 aliphatic rings. The third-order valence-electron chi connectivity index (χ3n) is 5.96. The summed E-state index contributed by atoms with van der Waals surface area (Å²) in [6.07, 6.45) is 2.36. The Morgan fingerprint density at radius 2 is 1.44 bits per heavy atom. The first-order chi connectivity index (χ1) is 15.3. The fourth-order valence-corrected chi connectivity index (χ4v) is 4.53. The van der Waals surface area contributed by atoms with Gasteiger partial charge in [0, 0.05) is 0 Å². The summed E-state index contributed by atoms with van der Waals surface area (Å²) in [6, 6.07) is 14.0. The molecule has 0 spiro atoms. The van der Waals surface area contributed by atoms with Gasteiger partial charge >= 0.3 is 0 Å². The first kappa shape index (κ1) is 24.1. The number of nitrogens with zero attached hydrogens (tertiary/aromatic N) is 1. The lowest BCUT2D eigenvalue weighted by Crippen LogP contribution is -2.51. The summed E-state index contributed by atoms with van der Waals surface area (Å²) in [5.74, 6) is 0.165. The van der Waals surface area contributed by atoms with Gasteiger partial charge in [-0.05, 0) is 53.5 Å². The molecule has 0 aromatic heterocycles. The molecule has 5 nitrogen and oxygen atoms in total. The highest BCUT2D eigenvalue weighted by molar-refractivity contribution is 7.98. The van der Waals surface area contributed by atoms with Crippen LogP contribution in [-0.2, 0) is 4.79 Å². The number of rotatable bonds is 9. The minimum Gasteiger partial charge on any atom is -0.347 e. The van der Waals surface area contributed by atoms with E-state index in [0.29, 0.717) is 29.2 Å². The number of carbonyl (C=O) groups is 3. The van der Waals surface area contributed by atoms with Crippen LogP contribution < -0.4 is 5.32 Å². The maximum absolute atomic E-state index is 13.5. The average molecular weight is 453 g/mol. The number of thioether (sulfide) groups is 1. The van der Waals surface area contributed by atoms with Gasteiger partial charge in [-0.2, -0.15) is 11.8 Å². The van der Waals surface area contributed by atoms with E-state index in [1.54, 1.807) is 36.0 Å². The first-order valence-electron chi connectivity index (χ1n) is 11.1. The Balaban J connectivity index is 1.86. The molecule has 1 heterocycles. The maximum atomic E-state index is 13.5. The largest absolute Gasteiger partial charge is 0.347 e. The van der Waals surface area contributed by atoms with Crippen LogP contribution in [0.3, 0.4) is 0 Å². The third kappa shape index (κ3) is 4.90. The molecule has 1 aliphatic heterocycles. The molecule has 6 heteroatoms. The van der Waals surface area contributed by atoms with E-state index < -0.39 is 17.9 Å². The lowest BCUT2D eigenvalue weighted by molar-refractivity contribution is -0.126. The monoisotopic (exact) mass is 452 g/mol. The van der Waals surface area contributed by atoms with Crippen LogP contribution in [0.1, 0.15) is 77.9 Å². The molecule has 2 aromatic rings. The van der Waals surface area contributed by atoms with Gasteiger partial charge in [-0.15, -0.1) is 0 Å². The van der Waals surface area contributed by atoms with E-state index in [1.807, 2.05) is 6.26 Å². The smallest absolute Gasteiger partial charge is 0.262 e. The van der Waals surface area contributed by atoms with Gasteiger partial charge in [0.2, 0.25) is 5.91 Å². The predicted octanol–water partition coefficient (Wildman–Crippen LogP) is 5.04. The fourth-order valence-electron chi connectivity index (χ4n) is 4.07. The van der Waals surface area contributed by atoms with Crippen LogP contribution in [0.2, 0.25) is 0 Å². The van der Waals surface area contributed by atoms with Gasteiger partial charge in [-0.1, -0.05) is 64.1 Å². The van der Waals surface area contributed by atoms with Crippen molar-refractivity contribution in [1.82, 2.24) is 10.2 Å². The minimum absolute atomic E-state index is 0.146. The average Bonchev–Trinajstić information content (AvgIpc) is 3.03. The molecular formula is C26H32N2O3S. The zero-order chi connectivity index (χ0) is 23.4. The van der Waals surface area contributed by atoms with Crippen molar-refractivity contribution in [2.24, 2.45) is 5.92 Å². The number of fused-ring (bicyclic) bond motifs is 1. The second-order valence-electron chi connectivity index (χ2n) is 8.87. The molecule has 0 fully saturated rings. The summed E-state index contributed by atoms with van der Waals surface area (Å²) in [7, 11) is 0. The summed E-state index contributed by atoms with van der Waals surface area (Å²) in [6.45, 7) is 8.41. The molecule has 3 rings (SSSR count). The number of nitrogens with one attached hydrogen (secondary N) is 1. The summed E-state index contributed by atoms with van der Waals surface area (Å²) >= 11 is 1.59. The van der Waals surface area contributed by atoms with Crippen molar-refractivity contribution in [3.05, 3.63) is 70.8 Å². The SMILES string of the molecule is CSCCC(C(=O)NC(c1ccc(C(C)C)cc1)C(C)C)N1C(=O)c2ccccc2C1=O. The van der Waals surface area contributed by atoms with Crippen molar-refractivity contribution in [3.63, 3.8) is 0 Å². The summed E-state index contributed by atoms with van der Waals surface area (Å²) in [5.41, 5.74) is 2.99. The topological polar surface area (TPSA) is 66.5 Å². The van der Waals surface area contributed by atoms with E-state index >= 15 is 0 Å². The lowest BCUT2D eigenvalue weighted by Gasteiger charge is -2.29. The molecule has 0 radical (unpaired) electrons. The van der Waals surface area contributed by atoms with Gasteiger partial charge in [0.05, 0.1) is 17.2 Å². The van der Waals surface area contributed by atoms with Crippen molar-refractivity contribution in [2.45, 2.75) is 52.1 Å². The van der Waals surface area contributed by atoms with Gasteiger partial charge in [0.15, 0.2) is 0 Å². The van der Waals surface area contributed by atoms with Crippen molar-refractivity contribution in [2.75, 3.05) is 12.0 Å². The van der Waals surface area contributed by atoms with Gasteiger partial charge < -0.3 is 5.32 Å². The maximum Gasteiger partial charge on any atom is 0.262 e. The lowest BCUT2D eigenvalue weighted by atomic mass is 9.93. The Hall–Kier alpha value is -2.60. The number of benzene rings is 2. The zero-order valence-corrected chi connectivity index (χ0v) is 20.2. The Labute approximate surface area is 195 Å². The van der Waals surface area contributed by atoms with Crippen molar-refractivity contribution < 1.29 is 14.4 Å². The molecule has 0 bridgehead atoms. The highest BCUT2D eigenvalue weighted by atomic mass is 32.2. The van der Waals surface area contributed by atoms with E-state index in [4.69, 9.17) is 0 Å². The number of hydrogen-bond acceptors (Lipinski definition) is 4. The van der Waals surface area contributed by atoms with Crippen LogP contribution in [0.25, 0.3) is 0 Å². The van der Waals surface area contributed by atoms with Crippen LogP contribution in [0.15, 0.2) is 48.5 Å².